The number of carboxylic acids is 1. The number of nitrogens with two attached hydrogens (primary N) is 1. The maximum absolute atomic E-state index is 11.8. The minimum atomic E-state index is -1.15. The van der Waals surface area contributed by atoms with E-state index in [0.717, 1.165) is 0 Å². The molecule has 0 aromatic carbocycles. The van der Waals surface area contributed by atoms with Crippen molar-refractivity contribution in [2.75, 3.05) is 11.5 Å². The lowest BCUT2D eigenvalue weighted by atomic mass is 10.0. The molecule has 1 fully saturated rings. The molecule has 3 rings (SSSR count). The molecule has 2 aliphatic rings. The summed E-state index contributed by atoms with van der Waals surface area (Å²) in [5.41, 5.74) is 5.85. The fourth-order valence-electron chi connectivity index (χ4n) is 2.17. The van der Waals surface area contributed by atoms with Crippen molar-refractivity contribution in [3.05, 3.63) is 21.8 Å². The van der Waals surface area contributed by atoms with E-state index in [0.29, 0.717) is 22.2 Å². The lowest BCUT2D eigenvalue weighted by molar-refractivity contribution is -0.147. The molecule has 3 heterocycles. The molecular weight excluding hydrogens is 318 g/mol. The first kappa shape index (κ1) is 14.2. The Kier molecular flexibility index (Phi) is 3.55. The van der Waals surface area contributed by atoms with Crippen LogP contribution in [0.4, 0.5) is 0 Å². The molecule has 0 spiro atoms. The monoisotopic (exact) mass is 329 g/mol. The zero-order chi connectivity index (χ0) is 15.1. The van der Waals surface area contributed by atoms with Crippen LogP contribution in [-0.2, 0) is 9.59 Å². The van der Waals surface area contributed by atoms with Crippen molar-refractivity contribution >= 4 is 35.4 Å². The van der Waals surface area contributed by atoms with Gasteiger partial charge in [0, 0.05) is 11.5 Å². The Morgan fingerprint density at radius 1 is 1.57 bits per heavy atom. The van der Waals surface area contributed by atoms with Gasteiger partial charge in [-0.2, -0.15) is 0 Å². The predicted molar refractivity (Wildman–Crippen MR) is 75.7 cm³/mol. The number of aromatic amines is 2. The van der Waals surface area contributed by atoms with Crippen LogP contribution in [0.2, 0.25) is 0 Å². The highest BCUT2D eigenvalue weighted by Crippen LogP contribution is 2.40. The van der Waals surface area contributed by atoms with Crippen LogP contribution in [0.25, 0.3) is 0 Å². The van der Waals surface area contributed by atoms with Gasteiger partial charge in [0.05, 0.1) is 0 Å². The van der Waals surface area contributed by atoms with Gasteiger partial charge in [-0.05, 0) is 5.57 Å². The van der Waals surface area contributed by atoms with Gasteiger partial charge in [0.25, 0.3) is 0 Å². The smallest absolute Gasteiger partial charge is 0.352 e. The van der Waals surface area contributed by atoms with Crippen LogP contribution >= 0.6 is 23.5 Å². The quantitative estimate of drug-likeness (QED) is 0.397. The topological polar surface area (TPSA) is 145 Å². The molecule has 112 valence electrons. The Balaban J connectivity index is 1.82. The van der Waals surface area contributed by atoms with E-state index in [-0.39, 0.29) is 17.0 Å². The summed E-state index contributed by atoms with van der Waals surface area (Å²) >= 11 is 2.64. The summed E-state index contributed by atoms with van der Waals surface area (Å²) in [6, 6.07) is -0.638. The molecule has 2 aliphatic heterocycles. The van der Waals surface area contributed by atoms with E-state index in [1.165, 1.54) is 28.4 Å². The number of carbonyl (C=O) groups excluding carboxylic acids is 1. The number of H-pyrrole nitrogens is 2. The Hall–Kier alpha value is -1.72. The summed E-state index contributed by atoms with van der Waals surface area (Å²) in [5, 5.41) is 15.4. The number of β-lactam (4-membered cyclic amide) rings is 1. The van der Waals surface area contributed by atoms with Crippen LogP contribution in [0, 0.1) is 0 Å². The van der Waals surface area contributed by atoms with Crippen LogP contribution in [0.5, 0.6) is 0 Å². The summed E-state index contributed by atoms with van der Waals surface area (Å²) in [6.45, 7) is 0. The van der Waals surface area contributed by atoms with Crippen molar-refractivity contribution in [1.82, 2.24) is 20.1 Å². The number of thioether (sulfide) groups is 2. The summed E-state index contributed by atoms with van der Waals surface area (Å²) in [5.74, 6) is -0.723. The van der Waals surface area contributed by atoms with Gasteiger partial charge in [-0.3, -0.25) is 14.7 Å². The van der Waals surface area contributed by atoms with Gasteiger partial charge in [-0.15, -0.1) is 16.9 Å². The standard InChI is InChI=1S/C10H11N5O4S2/c11-4-6(16)15-5(8(17)18)3(1-20-7(4)15)2-21-10-12-9(19)13-14-10/h4,7H,1-2,11H2,(H,17,18)(H2,12,13,14,19)/t4?,7-/m1/s1. The summed E-state index contributed by atoms with van der Waals surface area (Å²) < 4.78 is 0. The number of hydrogen-bond donors (Lipinski definition) is 4. The lowest BCUT2D eigenvalue weighted by Crippen LogP contribution is -2.68. The summed E-state index contributed by atoms with van der Waals surface area (Å²) in [6.07, 6.45) is 0. The van der Waals surface area contributed by atoms with Crippen LogP contribution in [0.1, 0.15) is 0 Å². The molecular formula is C10H11N5O4S2. The van der Waals surface area contributed by atoms with Crippen LogP contribution in [-0.4, -0.2) is 60.0 Å². The van der Waals surface area contributed by atoms with Crippen molar-refractivity contribution in [2.24, 2.45) is 5.73 Å². The molecule has 5 N–H and O–H groups in total. The van der Waals surface area contributed by atoms with Crippen molar-refractivity contribution in [2.45, 2.75) is 16.6 Å². The zero-order valence-corrected chi connectivity index (χ0v) is 12.2. The molecule has 1 aromatic heterocycles. The van der Waals surface area contributed by atoms with E-state index >= 15 is 0 Å². The molecule has 0 bridgehead atoms. The molecule has 9 nitrogen and oxygen atoms in total. The second-order valence-electron chi connectivity index (χ2n) is 4.46. The van der Waals surface area contributed by atoms with E-state index in [2.05, 4.69) is 15.2 Å². The summed E-state index contributed by atoms with van der Waals surface area (Å²) in [7, 11) is 0. The third-order valence-corrected chi connectivity index (χ3v) is 5.47. The highest BCUT2D eigenvalue weighted by molar-refractivity contribution is 8.01. The van der Waals surface area contributed by atoms with Gasteiger partial charge in [0.2, 0.25) is 5.91 Å². The number of carboxylic acid groups (broad SMARTS) is 1. The molecule has 0 radical (unpaired) electrons. The van der Waals surface area contributed by atoms with Crippen molar-refractivity contribution in [3.8, 4) is 0 Å². The molecule has 2 atom stereocenters. The van der Waals surface area contributed by atoms with E-state index in [4.69, 9.17) is 5.73 Å². The second-order valence-corrected chi connectivity index (χ2v) is 6.53. The number of aromatic nitrogens is 3. The molecule has 1 saturated heterocycles. The molecule has 1 aromatic rings. The SMILES string of the molecule is NC1C(=O)N2C(C(=O)O)=C(CSc3n[nH]c(=O)[nH]3)CS[C@H]12. The molecule has 1 amide bonds. The normalized spacial score (nSPS) is 24.8. The average molecular weight is 329 g/mol. The fourth-order valence-corrected chi connectivity index (χ4v) is 4.42. The number of amides is 1. The molecule has 0 aliphatic carbocycles. The lowest BCUT2D eigenvalue weighted by Gasteiger charge is -2.48. The number of fused-ring (bicyclic) bond motifs is 1. The number of rotatable bonds is 4. The van der Waals surface area contributed by atoms with Crippen molar-refractivity contribution in [1.29, 1.82) is 0 Å². The van der Waals surface area contributed by atoms with E-state index in [9.17, 15) is 19.5 Å². The van der Waals surface area contributed by atoms with Gasteiger partial charge in [0.1, 0.15) is 17.1 Å². The van der Waals surface area contributed by atoms with Gasteiger partial charge in [0.15, 0.2) is 5.16 Å². The maximum atomic E-state index is 11.8. The maximum Gasteiger partial charge on any atom is 0.352 e. The number of nitrogens with one attached hydrogen (secondary N) is 2. The van der Waals surface area contributed by atoms with Gasteiger partial charge in [-0.1, -0.05) is 11.8 Å². The highest BCUT2D eigenvalue weighted by atomic mass is 32.2. The molecule has 11 heteroatoms. The second kappa shape index (κ2) is 5.24. The molecule has 1 unspecified atom stereocenters. The third-order valence-electron chi connectivity index (χ3n) is 3.15. The number of nitrogens with zero attached hydrogens (tertiary/aromatic N) is 2. The zero-order valence-electron chi connectivity index (χ0n) is 10.5. The van der Waals surface area contributed by atoms with E-state index in [1.807, 2.05) is 0 Å². The average Bonchev–Trinajstić information content (AvgIpc) is 2.88. The van der Waals surface area contributed by atoms with Crippen molar-refractivity contribution < 1.29 is 14.7 Å². The fraction of sp³-hybridized carbons (Fsp3) is 0.400. The Bertz CT molecular complexity index is 696. The minimum Gasteiger partial charge on any atom is -0.477 e. The largest absolute Gasteiger partial charge is 0.477 e. The van der Waals surface area contributed by atoms with Crippen molar-refractivity contribution in [3.63, 3.8) is 0 Å². The first-order valence-corrected chi connectivity index (χ1v) is 7.95. The molecule has 0 saturated carbocycles. The minimum absolute atomic E-state index is 0.00386. The predicted octanol–water partition coefficient (Wildman–Crippen LogP) is -1.23. The van der Waals surface area contributed by atoms with Crippen LogP contribution in [0.15, 0.2) is 21.2 Å². The first-order valence-electron chi connectivity index (χ1n) is 5.92. The Morgan fingerprint density at radius 3 is 2.95 bits per heavy atom. The Labute approximate surface area is 126 Å². The number of hydrogen-bond acceptors (Lipinski definition) is 7. The van der Waals surface area contributed by atoms with E-state index < -0.39 is 17.7 Å². The van der Waals surface area contributed by atoms with Crippen LogP contribution < -0.4 is 11.4 Å². The first-order chi connectivity index (χ1) is 9.99. The molecule has 21 heavy (non-hydrogen) atoms. The third kappa shape index (κ3) is 2.36. The number of carbonyl (C=O) groups is 2. The highest BCUT2D eigenvalue weighted by Gasteiger charge is 2.51. The van der Waals surface area contributed by atoms with E-state index in [1.54, 1.807) is 0 Å². The van der Waals surface area contributed by atoms with Gasteiger partial charge >= 0.3 is 11.7 Å². The Morgan fingerprint density at radius 2 is 2.33 bits per heavy atom. The number of aliphatic carboxylic acids is 1. The van der Waals surface area contributed by atoms with Crippen LogP contribution in [0.3, 0.4) is 0 Å². The van der Waals surface area contributed by atoms with Gasteiger partial charge in [-0.25, -0.2) is 14.7 Å². The van der Waals surface area contributed by atoms with Gasteiger partial charge < -0.3 is 10.8 Å². The summed E-state index contributed by atoms with van der Waals surface area (Å²) in [4.78, 5) is 37.8.